The lowest BCUT2D eigenvalue weighted by molar-refractivity contribution is -0.571. The molecule has 0 radical (unpaired) electrons. The highest BCUT2D eigenvalue weighted by atomic mass is 16.5. The largest absolute Gasteiger partial charge is 0.458 e. The Hall–Kier alpha value is -7.24. The molecule has 0 amide bonds. The van der Waals surface area contributed by atoms with Gasteiger partial charge in [0.1, 0.15) is 17.3 Å². The first-order valence-corrected chi connectivity index (χ1v) is 23.8. The lowest BCUT2D eigenvalue weighted by atomic mass is 9.30. The molecule has 5 heteroatoms. The van der Waals surface area contributed by atoms with Crippen molar-refractivity contribution in [3.05, 3.63) is 200 Å². The molecular formula is C62H50N4O. The molecule has 7 fully saturated rings. The summed E-state index contributed by atoms with van der Waals surface area (Å²) in [5.74, 6) is 8.08. The summed E-state index contributed by atoms with van der Waals surface area (Å²) in [6.07, 6.45) is 14.0. The Morgan fingerprint density at radius 1 is 0.597 bits per heavy atom. The average molecular weight is 877 g/mol. The average Bonchev–Trinajstić information content (AvgIpc) is 4.04. The van der Waals surface area contributed by atoms with Crippen molar-refractivity contribution in [2.75, 3.05) is 0 Å². The fourth-order valence-corrected chi connectivity index (χ4v) is 14.8. The predicted molar refractivity (Wildman–Crippen MR) is 267 cm³/mol. The molecule has 67 heavy (non-hydrogen) atoms. The molecule has 4 atom stereocenters. The molecule has 17 rings (SSSR count). The molecule has 0 saturated heterocycles. The Morgan fingerprint density at radius 2 is 1.27 bits per heavy atom. The number of hydrogen-bond donors (Lipinski definition) is 0. The molecule has 0 spiro atoms. The van der Waals surface area contributed by atoms with Crippen LogP contribution in [0.1, 0.15) is 57.8 Å². The van der Waals surface area contributed by atoms with E-state index in [9.17, 15) is 0 Å². The second kappa shape index (κ2) is 14.4. The van der Waals surface area contributed by atoms with Gasteiger partial charge in [0.2, 0.25) is 0 Å². The van der Waals surface area contributed by atoms with Crippen molar-refractivity contribution >= 4 is 32.8 Å². The zero-order chi connectivity index (χ0) is 52.5. The van der Waals surface area contributed by atoms with Gasteiger partial charge in [-0.25, -0.2) is 4.98 Å². The fraction of sp³-hybridized carbons (Fsp3) is 0.226. The minimum atomic E-state index is -0.556. The summed E-state index contributed by atoms with van der Waals surface area (Å²) in [6, 6.07) is 34.4. The number of fused-ring (bicyclic) bond motifs is 4. The van der Waals surface area contributed by atoms with E-state index in [1.807, 2.05) is 59.2 Å². The molecule has 7 aliphatic rings. The summed E-state index contributed by atoms with van der Waals surface area (Å²) in [5.41, 5.74) is 6.03. The van der Waals surface area contributed by atoms with Crippen LogP contribution >= 0.6 is 0 Å². The summed E-state index contributed by atoms with van der Waals surface area (Å²) in [7, 11) is 0. The van der Waals surface area contributed by atoms with E-state index in [1.165, 1.54) is 44.1 Å². The minimum absolute atomic E-state index is 0.117. The van der Waals surface area contributed by atoms with Crippen molar-refractivity contribution < 1.29 is 23.0 Å². The van der Waals surface area contributed by atoms with Gasteiger partial charge in [-0.1, -0.05) is 127 Å². The first kappa shape index (κ1) is 29.4. The number of imidazole rings is 1. The van der Waals surface area contributed by atoms with Crippen molar-refractivity contribution in [1.29, 1.82) is 0 Å². The second-order valence-corrected chi connectivity index (χ2v) is 19.9. The molecule has 5 nitrogen and oxygen atoms in total. The van der Waals surface area contributed by atoms with Gasteiger partial charge in [-0.3, -0.25) is 13.7 Å². The van der Waals surface area contributed by atoms with Crippen LogP contribution in [-0.2, 0) is 5.41 Å². The van der Waals surface area contributed by atoms with Crippen molar-refractivity contribution in [2.45, 2.75) is 43.9 Å². The first-order chi connectivity index (χ1) is 37.3. The van der Waals surface area contributed by atoms with Gasteiger partial charge in [0.05, 0.1) is 47.1 Å². The highest BCUT2D eigenvalue weighted by Gasteiger charge is 2.70. The molecule has 8 bridgehead atoms. The number of benzene rings is 7. The molecule has 3 aromatic heterocycles. The van der Waals surface area contributed by atoms with Crippen molar-refractivity contribution in [2.24, 2.45) is 41.4 Å². The van der Waals surface area contributed by atoms with E-state index in [0.717, 1.165) is 69.0 Å². The molecular weight excluding hydrogens is 817 g/mol. The lowest BCUT2D eigenvalue weighted by Gasteiger charge is -2.74. The van der Waals surface area contributed by atoms with Crippen molar-refractivity contribution in [3.8, 4) is 50.9 Å². The molecule has 7 saturated carbocycles. The zero-order valence-corrected chi connectivity index (χ0v) is 36.6. The highest BCUT2D eigenvalue weighted by molar-refractivity contribution is 6.09. The third-order valence-electron chi connectivity index (χ3n) is 16.9. The third-order valence-corrected chi connectivity index (χ3v) is 16.9. The normalized spacial score (nSPS) is 27.6. The number of ether oxygens (including phenoxy) is 1. The quantitative estimate of drug-likeness (QED) is 0.113. The van der Waals surface area contributed by atoms with Gasteiger partial charge in [0, 0.05) is 28.5 Å². The van der Waals surface area contributed by atoms with E-state index in [1.54, 1.807) is 22.8 Å². The summed E-state index contributed by atoms with van der Waals surface area (Å²) in [5, 5.41) is 2.24. The monoisotopic (exact) mass is 876 g/mol. The standard InChI is InChI=1S/C62H50N4O/c1-3-13-41(14-4-1)47-20-12-21-48(42-15-5-2-6-16-42)61(47)65-38-64(57-23-9-10-24-58(57)65)44-17-11-18-45(35-44)67-46-25-26-50-49-19-7-8-22-56(49)66(59(50)36-46)60-34-43(27-28-63-60)62-37-40-30-52-51-29-39(32-54(52)62)33-55(62)53(51)31-40/h1-28,34-36,39-40,51-55H,29-33,37H2/i1D,2D,3D,4D,5D,6D,13D,14D,15D,16D. The Balaban J connectivity index is 0.848. The van der Waals surface area contributed by atoms with Crippen LogP contribution in [0, 0.1) is 47.8 Å². The van der Waals surface area contributed by atoms with E-state index in [4.69, 9.17) is 23.4 Å². The number of nitrogens with zero attached hydrogens (tertiary/aromatic N) is 4. The SMILES string of the molecule is [2H]c1c([2H])c([2H])c(-c2cccc(-c3c([2H])c([2H])c([2H])c([2H])c3[2H])c2-[n+]2[c-]n(-c3cccc(Oc4ccc5c6ccccc6n(-c6cc(C78CC9CC%10C%11CC(CC%107)CC8C%11C9)ccn6)c5c4)c3)c3ccccc32)c([2H])c1[2H]. The Labute approximate surface area is 405 Å². The second-order valence-electron chi connectivity index (χ2n) is 19.9. The third kappa shape index (κ3) is 5.55. The summed E-state index contributed by atoms with van der Waals surface area (Å²) < 4.78 is 100. The van der Waals surface area contributed by atoms with Crippen LogP contribution in [0.4, 0.5) is 0 Å². The molecule has 4 unspecified atom stereocenters. The number of rotatable bonds is 8. The molecule has 7 aliphatic carbocycles. The van der Waals surface area contributed by atoms with E-state index in [-0.39, 0.29) is 33.4 Å². The number of pyridine rings is 1. The van der Waals surface area contributed by atoms with E-state index in [0.29, 0.717) is 28.2 Å². The summed E-state index contributed by atoms with van der Waals surface area (Å²) in [6.45, 7) is 0. The van der Waals surface area contributed by atoms with Gasteiger partial charge in [-0.05, 0) is 156 Å². The van der Waals surface area contributed by atoms with Gasteiger partial charge in [-0.2, -0.15) is 0 Å². The minimum Gasteiger partial charge on any atom is -0.458 e. The summed E-state index contributed by atoms with van der Waals surface area (Å²) in [4.78, 5) is 5.15. The topological polar surface area (TPSA) is 35.9 Å². The van der Waals surface area contributed by atoms with Gasteiger partial charge in [-0.15, -0.1) is 0 Å². The van der Waals surface area contributed by atoms with Crippen LogP contribution in [0.5, 0.6) is 11.5 Å². The molecule has 10 aromatic rings. The fourth-order valence-electron chi connectivity index (χ4n) is 14.8. The predicted octanol–water partition coefficient (Wildman–Crippen LogP) is 14.3. The van der Waals surface area contributed by atoms with Crippen LogP contribution in [-0.4, -0.2) is 14.1 Å². The van der Waals surface area contributed by atoms with Crippen LogP contribution < -0.4 is 9.30 Å². The van der Waals surface area contributed by atoms with Crippen LogP contribution in [0.2, 0.25) is 0 Å². The van der Waals surface area contributed by atoms with E-state index in [2.05, 4.69) is 65.6 Å². The lowest BCUT2D eigenvalue weighted by Crippen LogP contribution is -2.69. The Bertz CT molecular complexity index is 4040. The molecule has 0 aliphatic heterocycles. The maximum Gasteiger partial charge on any atom is 0.269 e. The Morgan fingerprint density at radius 3 is 2.04 bits per heavy atom. The number of aromatic nitrogens is 4. The van der Waals surface area contributed by atoms with Crippen molar-refractivity contribution in [1.82, 2.24) is 14.1 Å². The van der Waals surface area contributed by atoms with E-state index < -0.39 is 60.4 Å². The van der Waals surface area contributed by atoms with Gasteiger partial charge in [0.25, 0.3) is 6.33 Å². The maximum atomic E-state index is 9.07. The maximum absolute atomic E-state index is 9.07. The first-order valence-electron chi connectivity index (χ1n) is 28.8. The summed E-state index contributed by atoms with van der Waals surface area (Å²) >= 11 is 0. The molecule has 3 heterocycles. The van der Waals surface area contributed by atoms with Crippen LogP contribution in [0.15, 0.2) is 188 Å². The van der Waals surface area contributed by atoms with Crippen LogP contribution in [0.3, 0.4) is 0 Å². The molecule has 0 N–H and O–H groups in total. The Kier molecular flexibility index (Phi) is 6.31. The van der Waals surface area contributed by atoms with Crippen molar-refractivity contribution in [3.63, 3.8) is 0 Å². The smallest absolute Gasteiger partial charge is 0.269 e. The van der Waals surface area contributed by atoms with E-state index >= 15 is 0 Å². The number of para-hydroxylation sites is 4. The van der Waals surface area contributed by atoms with Gasteiger partial charge in [0.15, 0.2) is 0 Å². The van der Waals surface area contributed by atoms with Crippen LogP contribution in [0.25, 0.3) is 72.3 Å². The highest BCUT2D eigenvalue weighted by Crippen LogP contribution is 2.76. The number of hydrogen-bond acceptors (Lipinski definition) is 2. The van der Waals surface area contributed by atoms with Gasteiger partial charge < -0.3 is 4.74 Å². The molecule has 324 valence electrons. The van der Waals surface area contributed by atoms with Gasteiger partial charge >= 0.3 is 0 Å². The zero-order valence-electron chi connectivity index (χ0n) is 46.6. The molecule has 7 aromatic carbocycles.